The minimum atomic E-state index is 0.358. The molecule has 1 heterocycles. The third-order valence-electron chi connectivity index (χ3n) is 4.08. The number of nitrogens with zero attached hydrogens (tertiary/aromatic N) is 1. The molecule has 0 saturated carbocycles. The van der Waals surface area contributed by atoms with E-state index >= 15 is 0 Å². The molecule has 90 valence electrons. The molecule has 0 aromatic heterocycles. The fraction of sp³-hybridized carbons (Fsp3) is 1.00. The fourth-order valence-electron chi connectivity index (χ4n) is 2.40. The van der Waals surface area contributed by atoms with Crippen LogP contribution in [-0.4, -0.2) is 36.1 Å². The summed E-state index contributed by atoms with van der Waals surface area (Å²) >= 11 is 0. The van der Waals surface area contributed by atoms with Gasteiger partial charge in [-0.25, -0.2) is 0 Å². The standard InChI is InChI=1S/C13H28N2/c1-7-13(6)10-14-11(12(3,4)5)9-15(13)8-2/h11,14H,7-10H2,1-6H3. The van der Waals surface area contributed by atoms with Crippen LogP contribution in [0.3, 0.4) is 0 Å². The molecule has 1 aliphatic rings. The van der Waals surface area contributed by atoms with Crippen molar-refractivity contribution >= 4 is 0 Å². The molecule has 0 aliphatic carbocycles. The predicted octanol–water partition coefficient (Wildman–Crippen LogP) is 2.49. The summed E-state index contributed by atoms with van der Waals surface area (Å²) in [6, 6.07) is 0.622. The molecule has 2 nitrogen and oxygen atoms in total. The first-order valence-electron chi connectivity index (χ1n) is 6.32. The van der Waals surface area contributed by atoms with E-state index in [1.54, 1.807) is 0 Å². The minimum absolute atomic E-state index is 0.358. The molecule has 0 amide bonds. The molecule has 0 spiro atoms. The van der Waals surface area contributed by atoms with Crippen LogP contribution < -0.4 is 5.32 Å². The van der Waals surface area contributed by atoms with Gasteiger partial charge in [0.1, 0.15) is 0 Å². The van der Waals surface area contributed by atoms with Gasteiger partial charge in [-0.3, -0.25) is 4.90 Å². The molecule has 0 aromatic carbocycles. The van der Waals surface area contributed by atoms with Crippen molar-refractivity contribution in [2.24, 2.45) is 5.41 Å². The van der Waals surface area contributed by atoms with Crippen molar-refractivity contribution < 1.29 is 0 Å². The Kier molecular flexibility index (Phi) is 3.83. The maximum atomic E-state index is 3.72. The summed E-state index contributed by atoms with van der Waals surface area (Å²) in [6.07, 6.45) is 1.23. The van der Waals surface area contributed by atoms with Gasteiger partial charge in [0.15, 0.2) is 0 Å². The highest BCUT2D eigenvalue weighted by atomic mass is 15.3. The van der Waals surface area contributed by atoms with Crippen LogP contribution in [0.1, 0.15) is 48.0 Å². The summed E-state index contributed by atoms with van der Waals surface area (Å²) in [6.45, 7) is 17.4. The van der Waals surface area contributed by atoms with Crippen molar-refractivity contribution in [2.45, 2.75) is 59.5 Å². The van der Waals surface area contributed by atoms with Crippen molar-refractivity contribution in [1.29, 1.82) is 0 Å². The van der Waals surface area contributed by atoms with Gasteiger partial charge in [0.25, 0.3) is 0 Å². The second kappa shape index (κ2) is 4.42. The molecule has 2 atom stereocenters. The summed E-state index contributed by atoms with van der Waals surface area (Å²) in [5, 5.41) is 3.72. The molecule has 15 heavy (non-hydrogen) atoms. The van der Waals surface area contributed by atoms with Gasteiger partial charge in [0.05, 0.1) is 0 Å². The Bertz CT molecular complexity index is 207. The van der Waals surface area contributed by atoms with Crippen LogP contribution in [-0.2, 0) is 0 Å². The number of piperazine rings is 1. The van der Waals surface area contributed by atoms with Crippen molar-refractivity contribution in [1.82, 2.24) is 10.2 Å². The Labute approximate surface area is 95.4 Å². The van der Waals surface area contributed by atoms with Crippen LogP contribution in [0, 0.1) is 5.41 Å². The fourth-order valence-corrected chi connectivity index (χ4v) is 2.40. The second-order valence-corrected chi connectivity index (χ2v) is 6.19. The van der Waals surface area contributed by atoms with Crippen LogP contribution in [0.15, 0.2) is 0 Å². The van der Waals surface area contributed by atoms with E-state index in [2.05, 4.69) is 51.8 Å². The van der Waals surface area contributed by atoms with Gasteiger partial charge in [-0.1, -0.05) is 34.6 Å². The van der Waals surface area contributed by atoms with Crippen molar-refractivity contribution in [2.75, 3.05) is 19.6 Å². The lowest BCUT2D eigenvalue weighted by atomic mass is 9.82. The Morgan fingerprint density at radius 2 is 1.93 bits per heavy atom. The first-order chi connectivity index (χ1) is 6.83. The normalized spacial score (nSPS) is 34.4. The molecule has 1 fully saturated rings. The van der Waals surface area contributed by atoms with Gasteiger partial charge in [-0.15, -0.1) is 0 Å². The van der Waals surface area contributed by atoms with Gasteiger partial charge in [0, 0.05) is 24.7 Å². The molecule has 0 aromatic rings. The minimum Gasteiger partial charge on any atom is -0.310 e. The van der Waals surface area contributed by atoms with E-state index in [0.717, 1.165) is 6.54 Å². The SMILES string of the molecule is CCN1CC(C(C)(C)C)NCC1(C)CC. The van der Waals surface area contributed by atoms with Crippen LogP contribution in [0.4, 0.5) is 0 Å². The average molecular weight is 212 g/mol. The topological polar surface area (TPSA) is 15.3 Å². The molecule has 1 N–H and O–H groups in total. The molecule has 0 bridgehead atoms. The van der Waals surface area contributed by atoms with E-state index < -0.39 is 0 Å². The van der Waals surface area contributed by atoms with E-state index in [1.807, 2.05) is 0 Å². The van der Waals surface area contributed by atoms with Crippen LogP contribution >= 0.6 is 0 Å². The lowest BCUT2D eigenvalue weighted by Gasteiger charge is -2.50. The van der Waals surface area contributed by atoms with Gasteiger partial charge in [-0.05, 0) is 25.3 Å². The summed E-state index contributed by atoms with van der Waals surface area (Å²) in [5.41, 5.74) is 0.721. The predicted molar refractivity (Wildman–Crippen MR) is 67.2 cm³/mol. The average Bonchev–Trinajstić information content (AvgIpc) is 2.16. The van der Waals surface area contributed by atoms with Crippen LogP contribution in [0.5, 0.6) is 0 Å². The summed E-state index contributed by atoms with van der Waals surface area (Å²) < 4.78 is 0. The van der Waals surface area contributed by atoms with E-state index in [4.69, 9.17) is 0 Å². The molecule has 2 unspecified atom stereocenters. The molecule has 0 radical (unpaired) electrons. The zero-order valence-electron chi connectivity index (χ0n) is 11.4. The first-order valence-corrected chi connectivity index (χ1v) is 6.32. The zero-order chi connectivity index (χ0) is 11.7. The Balaban J connectivity index is 2.71. The molecular formula is C13H28N2. The highest BCUT2D eigenvalue weighted by Crippen LogP contribution is 2.28. The lowest BCUT2D eigenvalue weighted by molar-refractivity contribution is 0.0265. The third-order valence-corrected chi connectivity index (χ3v) is 4.08. The number of rotatable bonds is 2. The molecular weight excluding hydrogens is 184 g/mol. The third kappa shape index (κ3) is 2.73. The maximum Gasteiger partial charge on any atom is 0.0303 e. The number of likely N-dealkylation sites (N-methyl/N-ethyl adjacent to an activating group) is 1. The van der Waals surface area contributed by atoms with Gasteiger partial charge >= 0.3 is 0 Å². The molecule has 1 saturated heterocycles. The molecule has 1 rings (SSSR count). The Morgan fingerprint density at radius 1 is 1.33 bits per heavy atom. The smallest absolute Gasteiger partial charge is 0.0303 e. The van der Waals surface area contributed by atoms with Crippen LogP contribution in [0.25, 0.3) is 0 Å². The highest BCUT2D eigenvalue weighted by Gasteiger charge is 2.38. The summed E-state index contributed by atoms with van der Waals surface area (Å²) in [5.74, 6) is 0. The molecule has 1 aliphatic heterocycles. The monoisotopic (exact) mass is 212 g/mol. The van der Waals surface area contributed by atoms with Crippen molar-refractivity contribution in [3.63, 3.8) is 0 Å². The van der Waals surface area contributed by atoms with E-state index in [1.165, 1.54) is 19.5 Å². The Morgan fingerprint density at radius 3 is 2.33 bits per heavy atom. The number of hydrogen-bond donors (Lipinski definition) is 1. The van der Waals surface area contributed by atoms with E-state index in [9.17, 15) is 0 Å². The van der Waals surface area contributed by atoms with Crippen molar-refractivity contribution in [3.8, 4) is 0 Å². The largest absolute Gasteiger partial charge is 0.310 e. The highest BCUT2D eigenvalue weighted by molar-refractivity contribution is 4.97. The summed E-state index contributed by atoms with van der Waals surface area (Å²) in [7, 11) is 0. The zero-order valence-corrected chi connectivity index (χ0v) is 11.4. The molecule has 2 heteroatoms. The quantitative estimate of drug-likeness (QED) is 0.756. The number of hydrogen-bond acceptors (Lipinski definition) is 2. The maximum absolute atomic E-state index is 3.72. The van der Waals surface area contributed by atoms with E-state index in [0.29, 0.717) is 17.0 Å². The van der Waals surface area contributed by atoms with Crippen LogP contribution in [0.2, 0.25) is 0 Å². The Hall–Kier alpha value is -0.0800. The second-order valence-electron chi connectivity index (χ2n) is 6.19. The van der Waals surface area contributed by atoms with Gasteiger partial charge < -0.3 is 5.32 Å². The summed E-state index contributed by atoms with van der Waals surface area (Å²) in [4.78, 5) is 2.64. The van der Waals surface area contributed by atoms with Gasteiger partial charge in [-0.2, -0.15) is 0 Å². The lowest BCUT2D eigenvalue weighted by Crippen LogP contribution is -2.65. The van der Waals surface area contributed by atoms with E-state index in [-0.39, 0.29) is 0 Å². The number of nitrogens with one attached hydrogen (secondary N) is 1. The van der Waals surface area contributed by atoms with Gasteiger partial charge in [0.2, 0.25) is 0 Å². The first kappa shape index (κ1) is 13.0. The van der Waals surface area contributed by atoms with Crippen molar-refractivity contribution in [3.05, 3.63) is 0 Å².